The molecule has 1 heterocycles. The van der Waals surface area contributed by atoms with Gasteiger partial charge < -0.3 is 9.26 Å². The second-order valence-electron chi connectivity index (χ2n) is 8.57. The zero-order valence-corrected chi connectivity index (χ0v) is 17.3. The van der Waals surface area contributed by atoms with Crippen LogP contribution in [0.25, 0.3) is 11.3 Å². The highest BCUT2D eigenvalue weighted by Gasteiger charge is 2.46. The quantitative estimate of drug-likeness (QED) is 0.591. The summed E-state index contributed by atoms with van der Waals surface area (Å²) in [5.74, 6) is 2.55. The molecule has 3 saturated carbocycles. The Hall–Kier alpha value is -1.36. The average molecular weight is 420 g/mol. The highest BCUT2D eigenvalue weighted by Crippen LogP contribution is 2.47. The van der Waals surface area contributed by atoms with Gasteiger partial charge in [0.05, 0.1) is 22.8 Å². The van der Waals surface area contributed by atoms with E-state index < -0.39 is 0 Å². The molecule has 4 atom stereocenters. The van der Waals surface area contributed by atoms with E-state index in [1.807, 2.05) is 18.2 Å². The number of ether oxygens (including phenoxy) is 1. The number of nitrogens with zero attached hydrogens (tertiary/aromatic N) is 1. The molecule has 28 heavy (non-hydrogen) atoms. The molecule has 1 aromatic heterocycles. The molecule has 3 aliphatic carbocycles. The number of rotatable bonds is 5. The Labute approximate surface area is 174 Å². The number of fused-ring (bicyclic) bond motifs is 2. The number of aromatic nitrogens is 1. The Balaban J connectivity index is 1.41. The topological polar surface area (TPSA) is 52.3 Å². The van der Waals surface area contributed by atoms with Crippen LogP contribution >= 0.6 is 23.2 Å². The summed E-state index contributed by atoms with van der Waals surface area (Å²) in [7, 11) is 0. The fourth-order valence-electron chi connectivity index (χ4n) is 4.96. The van der Waals surface area contributed by atoms with Crippen LogP contribution in [0.4, 0.5) is 0 Å². The van der Waals surface area contributed by atoms with Crippen LogP contribution in [0.5, 0.6) is 0 Å². The van der Waals surface area contributed by atoms with E-state index in [0.717, 1.165) is 43.4 Å². The maximum Gasteiger partial charge on any atom is 0.145 e. The first-order valence-corrected chi connectivity index (χ1v) is 10.9. The third kappa shape index (κ3) is 3.20. The number of hydrogen-bond acceptors (Lipinski definition) is 4. The van der Waals surface area contributed by atoms with Gasteiger partial charge in [0.2, 0.25) is 0 Å². The van der Waals surface area contributed by atoms with Crippen LogP contribution in [0.1, 0.15) is 56.3 Å². The normalized spacial score (nSPS) is 29.5. The van der Waals surface area contributed by atoms with Crippen LogP contribution in [0.3, 0.4) is 0 Å². The lowest BCUT2D eigenvalue weighted by Gasteiger charge is -2.27. The summed E-state index contributed by atoms with van der Waals surface area (Å²) in [4.78, 5) is 12.3. The molecule has 148 valence electrons. The molecule has 0 radical (unpaired) electrons. The Morgan fingerprint density at radius 3 is 2.57 bits per heavy atom. The maximum absolute atomic E-state index is 12.3. The van der Waals surface area contributed by atoms with Crippen LogP contribution in [-0.2, 0) is 16.1 Å². The smallest absolute Gasteiger partial charge is 0.145 e. The van der Waals surface area contributed by atoms with Crippen LogP contribution in [0.15, 0.2) is 22.7 Å². The lowest BCUT2D eigenvalue weighted by Crippen LogP contribution is -2.31. The number of benzene rings is 1. The molecule has 0 aliphatic heterocycles. The van der Waals surface area contributed by atoms with Crippen molar-refractivity contribution in [2.75, 3.05) is 0 Å². The first kappa shape index (κ1) is 18.7. The van der Waals surface area contributed by atoms with Crippen LogP contribution in [0.2, 0.25) is 10.0 Å². The molecular weight excluding hydrogens is 397 g/mol. The number of carbonyl (C=O) groups is 1. The summed E-state index contributed by atoms with van der Waals surface area (Å²) in [6.45, 7) is 2.60. The van der Waals surface area contributed by atoms with E-state index in [9.17, 15) is 4.79 Å². The van der Waals surface area contributed by atoms with E-state index in [2.05, 4.69) is 12.1 Å². The van der Waals surface area contributed by atoms with Crippen molar-refractivity contribution in [3.8, 4) is 11.3 Å². The molecule has 0 unspecified atom stereocenters. The number of halogens is 2. The minimum Gasteiger partial charge on any atom is -0.373 e. The van der Waals surface area contributed by atoms with E-state index in [1.165, 1.54) is 0 Å². The number of ketones is 1. The summed E-state index contributed by atoms with van der Waals surface area (Å²) in [6.07, 6.45) is 4.97. The Morgan fingerprint density at radius 2 is 1.89 bits per heavy atom. The van der Waals surface area contributed by atoms with Crippen molar-refractivity contribution < 1.29 is 14.1 Å². The maximum atomic E-state index is 12.3. The number of hydrogen-bond donors (Lipinski definition) is 0. The van der Waals surface area contributed by atoms with Gasteiger partial charge in [-0.25, -0.2) is 0 Å². The highest BCUT2D eigenvalue weighted by atomic mass is 35.5. The van der Waals surface area contributed by atoms with Gasteiger partial charge in [0.1, 0.15) is 17.2 Å². The van der Waals surface area contributed by atoms with E-state index in [1.54, 1.807) is 0 Å². The van der Waals surface area contributed by atoms with Crippen molar-refractivity contribution in [2.45, 2.75) is 57.7 Å². The van der Waals surface area contributed by atoms with Gasteiger partial charge in [0, 0.05) is 28.9 Å². The van der Waals surface area contributed by atoms with Gasteiger partial charge in [-0.3, -0.25) is 4.79 Å². The number of carbonyl (C=O) groups excluding carboxylic acids is 1. The van der Waals surface area contributed by atoms with E-state index in [-0.39, 0.29) is 17.9 Å². The first-order valence-electron chi connectivity index (χ1n) is 10.1. The van der Waals surface area contributed by atoms with Crippen LogP contribution in [0, 0.1) is 17.8 Å². The fraction of sp³-hybridized carbons (Fsp3) is 0.545. The SMILES string of the molecule is C[C@H]1C[C@@H]2C[C@H](OCc3c(-c4c(Cl)cccc4Cl)noc3C3CC3)C[C@H]1C2=O. The highest BCUT2D eigenvalue weighted by molar-refractivity contribution is 6.39. The van der Waals surface area contributed by atoms with Gasteiger partial charge >= 0.3 is 0 Å². The zero-order valence-electron chi connectivity index (χ0n) is 15.8. The van der Waals surface area contributed by atoms with Crippen molar-refractivity contribution in [2.24, 2.45) is 17.8 Å². The molecule has 2 aromatic rings. The summed E-state index contributed by atoms with van der Waals surface area (Å²) in [6, 6.07) is 5.44. The molecule has 0 N–H and O–H groups in total. The predicted molar refractivity (Wildman–Crippen MR) is 108 cm³/mol. The fourth-order valence-corrected chi connectivity index (χ4v) is 5.53. The van der Waals surface area contributed by atoms with Crippen molar-refractivity contribution in [3.05, 3.63) is 39.6 Å². The van der Waals surface area contributed by atoms with Crippen LogP contribution < -0.4 is 0 Å². The van der Waals surface area contributed by atoms with Crippen LogP contribution in [-0.4, -0.2) is 17.0 Å². The summed E-state index contributed by atoms with van der Waals surface area (Å²) < 4.78 is 12.0. The Kier molecular flexibility index (Phi) is 4.77. The molecule has 4 nitrogen and oxygen atoms in total. The molecule has 0 saturated heterocycles. The molecular formula is C22H23Cl2NO3. The van der Waals surface area contributed by atoms with Crippen molar-refractivity contribution in [1.29, 1.82) is 0 Å². The largest absolute Gasteiger partial charge is 0.373 e. The lowest BCUT2D eigenvalue weighted by molar-refractivity contribution is -0.130. The second kappa shape index (κ2) is 7.16. The van der Waals surface area contributed by atoms with Crippen molar-refractivity contribution >= 4 is 29.0 Å². The van der Waals surface area contributed by atoms with Gasteiger partial charge in [-0.05, 0) is 50.2 Å². The van der Waals surface area contributed by atoms with Gasteiger partial charge in [-0.1, -0.05) is 41.3 Å². The van der Waals surface area contributed by atoms with E-state index in [4.69, 9.17) is 32.5 Å². The van der Waals surface area contributed by atoms with Crippen molar-refractivity contribution in [3.63, 3.8) is 0 Å². The zero-order chi connectivity index (χ0) is 19.4. The van der Waals surface area contributed by atoms with Gasteiger partial charge in [0.15, 0.2) is 0 Å². The first-order chi connectivity index (χ1) is 13.5. The Morgan fingerprint density at radius 1 is 1.14 bits per heavy atom. The molecule has 6 heteroatoms. The molecule has 3 aliphatic rings. The standard InChI is InChI=1S/C22H23Cl2NO3/c1-11-7-13-8-14(9-15(11)21(13)26)27-10-16-20(25-28-22(16)12-5-6-12)19-17(23)3-2-4-18(19)24/h2-4,11-15H,5-10H2,1H3/t11-,13+,14-,15+/m0/s1. The Bertz CT molecular complexity index is 900. The molecule has 1 aromatic carbocycles. The molecule has 2 bridgehead atoms. The third-order valence-corrected chi connectivity index (χ3v) is 7.23. The summed E-state index contributed by atoms with van der Waals surface area (Å²) >= 11 is 12.8. The molecule has 3 fully saturated rings. The number of Topliss-reactive ketones (excluding diaryl/α,β-unsaturated/α-hetero) is 1. The van der Waals surface area contributed by atoms with Gasteiger partial charge in [0.25, 0.3) is 0 Å². The molecule has 0 amide bonds. The summed E-state index contributed by atoms with van der Waals surface area (Å²) in [5.41, 5.74) is 2.34. The third-order valence-electron chi connectivity index (χ3n) is 6.60. The lowest BCUT2D eigenvalue weighted by atomic mass is 9.84. The van der Waals surface area contributed by atoms with Gasteiger partial charge in [-0.2, -0.15) is 0 Å². The average Bonchev–Trinajstić information content (AvgIpc) is 3.40. The minimum atomic E-state index is 0.106. The molecule has 5 rings (SSSR count). The minimum absolute atomic E-state index is 0.106. The van der Waals surface area contributed by atoms with E-state index in [0.29, 0.717) is 45.5 Å². The predicted octanol–water partition coefficient (Wildman–Crippen LogP) is 6.05. The van der Waals surface area contributed by atoms with Crippen molar-refractivity contribution in [1.82, 2.24) is 5.16 Å². The molecule has 0 spiro atoms. The monoisotopic (exact) mass is 419 g/mol. The summed E-state index contributed by atoms with van der Waals surface area (Å²) in [5, 5.41) is 5.43. The van der Waals surface area contributed by atoms with Gasteiger partial charge in [-0.15, -0.1) is 0 Å². The second-order valence-corrected chi connectivity index (χ2v) is 9.38. The van der Waals surface area contributed by atoms with E-state index >= 15 is 0 Å².